The first-order valence-corrected chi connectivity index (χ1v) is 46.5. The molecule has 0 saturated heterocycles. The van der Waals surface area contributed by atoms with Crippen LogP contribution in [0, 0.1) is 39.4 Å². The molecule has 0 saturated carbocycles. The molecule has 136 heavy (non-hydrogen) atoms. The van der Waals surface area contributed by atoms with Crippen LogP contribution in [0.5, 0.6) is 23.4 Å². The predicted molar refractivity (Wildman–Crippen MR) is 534 cm³/mol. The van der Waals surface area contributed by atoms with Crippen LogP contribution in [0.25, 0.3) is 125 Å². The number of rotatable bonds is 21. The number of methoxy groups -OCH3 is 3. The molecule has 0 fully saturated rings. The summed E-state index contributed by atoms with van der Waals surface area (Å²) in [4.78, 5) is 61.3. The van der Waals surface area contributed by atoms with Crippen LogP contribution in [-0.2, 0) is 42.0 Å². The van der Waals surface area contributed by atoms with E-state index in [1.165, 1.54) is 38.7 Å². The quantitative estimate of drug-likeness (QED) is 0.0171. The fourth-order valence-electron chi connectivity index (χ4n) is 12.5. The number of amides is 1. The van der Waals surface area contributed by atoms with Gasteiger partial charge in [-0.15, -0.1) is 43.6 Å². The fraction of sp³-hybridized carbons (Fsp3) is 0.196. The highest BCUT2D eigenvalue weighted by atomic mass is 36.0. The molecular formula is C92H85Cl6N30O7P. The number of carbonyl (C=O) groups excluding carboxylic acids is 2. The second kappa shape index (κ2) is 53.5. The molecule has 6 aromatic carbocycles. The first-order valence-electron chi connectivity index (χ1n) is 40.6. The number of aromatic nitrogens is 20. The SMILES string of the molecule is COc1cc(OC=O)cnn1.ClCCl.O=P(Cl)(Cl)Cl.[C-]#[N+]c1ccc(N)c(NCC)c1.[C-]#[N+]c1ccc(NC(=O)c2cnnc(OC)c2)c(NCC)c1.[C-]#[N+]c1ccc2nc(-c3cnnc(C=C)c3)n(CC)c2c1.[C-]#[N+]c1ccc2nc(-c3cnnc(CC)c3)n(CC)c2c1.[C-]#[N+]c1ccc2nc(-c3cnnc(Cl)c3)n(CC)c2c1.[C-]#[N+]c1ccc2nc(-c3cnnc(OC)c3)n(CC)c2c1. The van der Waals surface area contributed by atoms with Crippen molar-refractivity contribution in [3.8, 4) is 68.9 Å². The van der Waals surface area contributed by atoms with Crippen molar-refractivity contribution in [3.05, 3.63) is 280 Å². The van der Waals surface area contributed by atoms with Crippen LogP contribution >= 0.6 is 73.7 Å². The molecule has 0 unspecified atom stereocenters. The zero-order chi connectivity index (χ0) is 98.8. The van der Waals surface area contributed by atoms with Gasteiger partial charge < -0.3 is 58.9 Å². The number of aryl methyl sites for hydroxylation is 5. The van der Waals surface area contributed by atoms with Gasteiger partial charge in [0.05, 0.1) is 176 Å². The van der Waals surface area contributed by atoms with Crippen molar-refractivity contribution in [1.82, 2.24) is 99.4 Å². The number of ether oxygens (including phenoxy) is 4. The van der Waals surface area contributed by atoms with Crippen molar-refractivity contribution in [2.24, 2.45) is 0 Å². The fourth-order valence-corrected chi connectivity index (χ4v) is 12.7. The van der Waals surface area contributed by atoms with Crippen LogP contribution in [-0.4, -0.2) is 152 Å². The van der Waals surface area contributed by atoms with Crippen LogP contribution in [0.3, 0.4) is 0 Å². The Morgan fingerprint density at radius 1 is 0.449 bits per heavy atom. The molecular weight excluding hydrogens is 1880 g/mol. The van der Waals surface area contributed by atoms with E-state index in [9.17, 15) is 14.2 Å². The zero-order valence-corrected chi connectivity index (χ0v) is 80.0. The lowest BCUT2D eigenvalue weighted by Gasteiger charge is -2.12. The first-order chi connectivity index (χ1) is 65.7. The van der Waals surface area contributed by atoms with Gasteiger partial charge in [-0.05, 0) is 179 Å². The van der Waals surface area contributed by atoms with Crippen LogP contribution < -0.4 is 40.6 Å². The molecule has 0 bridgehead atoms. The summed E-state index contributed by atoms with van der Waals surface area (Å²) in [6.45, 7) is 65.1. The number of benzene rings is 6. The van der Waals surface area contributed by atoms with Crippen molar-refractivity contribution in [2.75, 3.05) is 61.4 Å². The Morgan fingerprint density at radius 3 is 1.21 bits per heavy atom. The number of hydrogen-bond acceptors (Lipinski definition) is 26. The number of carbonyl (C=O) groups is 2. The number of nitrogens with zero attached hydrogens (tertiary/aromatic N) is 26. The molecule has 0 aliphatic carbocycles. The highest BCUT2D eigenvalue weighted by Crippen LogP contribution is 2.61. The Labute approximate surface area is 811 Å². The minimum absolute atomic E-state index is 0.194. The average Bonchev–Trinajstić information content (AvgIpc) is 1.65. The summed E-state index contributed by atoms with van der Waals surface area (Å²) in [7, 11) is 4.46. The van der Waals surface area contributed by atoms with E-state index < -0.39 is 5.20 Å². The maximum absolute atomic E-state index is 12.3. The van der Waals surface area contributed by atoms with Crippen LogP contribution in [0.15, 0.2) is 189 Å². The largest absolute Gasteiger partial charge is 0.480 e. The number of hydrogen-bond donors (Lipinski definition) is 4. The zero-order valence-electron chi connectivity index (χ0n) is 74.6. The molecule has 10 aromatic heterocycles. The van der Waals surface area contributed by atoms with Gasteiger partial charge in [0, 0.05) is 91.1 Å². The topological polar surface area (TPSA) is 402 Å². The number of nitrogens with two attached hydrogens (primary N) is 1. The summed E-state index contributed by atoms with van der Waals surface area (Å²) < 4.78 is 37.1. The molecule has 16 rings (SSSR count). The second-order valence-electron chi connectivity index (χ2n) is 26.8. The van der Waals surface area contributed by atoms with E-state index in [1.54, 1.807) is 111 Å². The van der Waals surface area contributed by atoms with Gasteiger partial charge in [0.2, 0.25) is 17.6 Å². The standard InChI is InChI=1S/C16H15N5.C16H13N5.C15H15N5O2.C15H13N5O.C14H10ClN5.C9H11N3.C6H6N2O3.CH2Cl2.Cl3OP/c2*1-4-12-8-11(10-18-20-12)16-19-14-7-6-13(17-3)9-15(14)21(16)5-2;1-4-17-13-8-11(16-2)5-6-12(13)19-15(21)10-7-14(22-3)20-18-9-10;1-4-20-13-8-11(16-2)5-6-12(13)18-15(20)10-7-14(21-3)19-17-9-10;1-3-20-12-7-10(16-2)4-5-11(12)18-14(20)9-6-13(15)19-17-8-9;1-3-12-9-6-7(11-2)4-5-8(9)10;1-10-6-2-5(11-4-9)3-7-8-6;2-1-3;1-5(2,3)4/h6-10H,4-5H2,1-2H3;4,6-10H,1,5H2,2H3;5-9,17H,4H2,1,3H3,(H,19,21);5-9H,4H2,1,3H3;4-8H,3H2,1H3;4-6,12H,3,10H2,1H3;2-4H,1H3;1H2;. The van der Waals surface area contributed by atoms with Gasteiger partial charge in [-0.25, -0.2) is 49.0 Å². The van der Waals surface area contributed by atoms with E-state index in [-0.39, 0.29) is 17.1 Å². The van der Waals surface area contributed by atoms with Gasteiger partial charge >= 0.3 is 5.20 Å². The van der Waals surface area contributed by atoms with Gasteiger partial charge in [0.15, 0.2) is 45.0 Å². The number of fused-ring (bicyclic) bond motifs is 4. The normalized spacial score (nSPS) is 10.1. The Bertz CT molecular complexity index is 7020. The summed E-state index contributed by atoms with van der Waals surface area (Å²) in [6, 6.07) is 42.7. The number of halogens is 6. The third kappa shape index (κ3) is 29.8. The molecule has 10 heterocycles. The smallest absolute Gasteiger partial charge is 0.339 e. The number of nitrogen functional groups attached to an aromatic ring is 1. The van der Waals surface area contributed by atoms with Gasteiger partial charge in [-0.1, -0.05) is 61.5 Å². The molecule has 0 atom stereocenters. The minimum Gasteiger partial charge on any atom is -0.480 e. The van der Waals surface area contributed by atoms with Gasteiger partial charge in [0.25, 0.3) is 12.4 Å². The van der Waals surface area contributed by atoms with Crippen molar-refractivity contribution in [1.29, 1.82) is 0 Å². The van der Waals surface area contributed by atoms with Crippen molar-refractivity contribution >= 4 is 193 Å². The van der Waals surface area contributed by atoms with Crippen molar-refractivity contribution < 1.29 is 33.1 Å². The molecule has 0 radical (unpaired) electrons. The Morgan fingerprint density at radius 2 is 0.801 bits per heavy atom. The van der Waals surface area contributed by atoms with Crippen LogP contribution in [0.2, 0.25) is 5.15 Å². The lowest BCUT2D eigenvalue weighted by molar-refractivity contribution is -0.120. The van der Waals surface area contributed by atoms with Crippen molar-refractivity contribution in [2.45, 2.75) is 81.1 Å². The van der Waals surface area contributed by atoms with Crippen LogP contribution in [0.1, 0.15) is 70.2 Å². The Balaban J connectivity index is 0.000000194. The van der Waals surface area contributed by atoms with Gasteiger partial charge in [0.1, 0.15) is 23.3 Å². The molecule has 0 spiro atoms. The summed E-state index contributed by atoms with van der Waals surface area (Å²) >= 11 is 29.3. The van der Waals surface area contributed by atoms with Gasteiger partial charge in [-0.2, -0.15) is 40.8 Å². The minimum atomic E-state index is -3.22. The highest BCUT2D eigenvalue weighted by molar-refractivity contribution is 8.24. The molecule has 44 heteroatoms. The molecule has 37 nitrogen and oxygen atoms in total. The summed E-state index contributed by atoms with van der Waals surface area (Å²) in [5.74, 6) is 4.28. The van der Waals surface area contributed by atoms with E-state index in [0.717, 1.165) is 140 Å². The average molecular weight is 1970 g/mol. The highest BCUT2D eigenvalue weighted by Gasteiger charge is 2.20. The maximum Gasteiger partial charge on any atom is 0.339 e. The van der Waals surface area contributed by atoms with E-state index >= 15 is 0 Å². The molecule has 692 valence electrons. The molecule has 0 aliphatic rings. The van der Waals surface area contributed by atoms with Crippen molar-refractivity contribution in [3.63, 3.8) is 0 Å². The Hall–Kier alpha value is -15.9. The number of anilines is 4. The third-order valence-electron chi connectivity index (χ3n) is 18.5. The molecule has 0 aliphatic heterocycles. The van der Waals surface area contributed by atoms with Gasteiger partial charge in [-0.3, -0.25) is 14.2 Å². The molecule has 5 N–H and O–H groups in total. The monoisotopic (exact) mass is 1960 g/mol. The summed E-state index contributed by atoms with van der Waals surface area (Å²) in [6.07, 6.45) is 11.9. The number of alkyl halides is 2. The number of nitrogens with one attached hydrogen (secondary N) is 3. The van der Waals surface area contributed by atoms with E-state index in [1.807, 2.05) is 92.9 Å². The second-order valence-corrected chi connectivity index (χ2v) is 34.7. The van der Waals surface area contributed by atoms with E-state index in [2.05, 4.69) is 201 Å². The lowest BCUT2D eigenvalue weighted by atomic mass is 10.2. The van der Waals surface area contributed by atoms with Crippen LogP contribution in [0.4, 0.5) is 56.9 Å². The molecule has 16 aromatic rings. The Kier molecular flexibility index (Phi) is 41.5. The third-order valence-corrected chi connectivity index (χ3v) is 18.7. The van der Waals surface area contributed by atoms with E-state index in [0.29, 0.717) is 98.1 Å². The summed E-state index contributed by atoms with van der Waals surface area (Å²) in [5, 5.41) is 52.3. The summed E-state index contributed by atoms with van der Waals surface area (Å²) in [5.41, 5.74) is 24.8. The maximum atomic E-state index is 12.3. The first kappa shape index (κ1) is 105. The number of imidazole rings is 4. The molecule has 1 amide bonds. The predicted octanol–water partition coefficient (Wildman–Crippen LogP) is 23.3. The van der Waals surface area contributed by atoms with E-state index in [4.69, 9.17) is 99.2 Å². The lowest BCUT2D eigenvalue weighted by Crippen LogP contribution is -2.14.